The summed E-state index contributed by atoms with van der Waals surface area (Å²) in [6.07, 6.45) is 2.70. The van der Waals surface area contributed by atoms with Gasteiger partial charge >= 0.3 is 0 Å². The Bertz CT molecular complexity index is 783. The van der Waals surface area contributed by atoms with Gasteiger partial charge in [-0.25, -0.2) is 0 Å². The van der Waals surface area contributed by atoms with E-state index in [0.29, 0.717) is 39.0 Å². The highest BCUT2D eigenvalue weighted by molar-refractivity contribution is 5.92. The number of carbonyl (C=O) groups is 2. The third-order valence-electron chi connectivity index (χ3n) is 5.19. The quantitative estimate of drug-likeness (QED) is 0.798. The van der Waals surface area contributed by atoms with E-state index >= 15 is 0 Å². The lowest BCUT2D eigenvalue weighted by atomic mass is 9.95. The largest absolute Gasteiger partial charge is 0.380 e. The average molecular weight is 380 g/mol. The van der Waals surface area contributed by atoms with Gasteiger partial charge in [-0.1, -0.05) is 42.5 Å². The first-order chi connectivity index (χ1) is 13.7. The van der Waals surface area contributed by atoms with Gasteiger partial charge in [0.15, 0.2) is 0 Å². The lowest BCUT2D eigenvalue weighted by molar-refractivity contribution is -0.134. The molecule has 0 aliphatic carbocycles. The summed E-state index contributed by atoms with van der Waals surface area (Å²) in [7, 11) is 1.65. The number of nitrogens with one attached hydrogen (secondary N) is 1. The molecule has 2 aromatic carbocycles. The Morgan fingerprint density at radius 2 is 1.75 bits per heavy atom. The Hall–Kier alpha value is -2.66. The van der Waals surface area contributed by atoms with E-state index in [4.69, 9.17) is 4.74 Å². The summed E-state index contributed by atoms with van der Waals surface area (Å²) in [6, 6.07) is 17.8. The summed E-state index contributed by atoms with van der Waals surface area (Å²) in [6.45, 7) is 1.82. The molecular weight excluding hydrogens is 352 g/mol. The van der Waals surface area contributed by atoms with Gasteiger partial charge < -0.3 is 15.0 Å². The van der Waals surface area contributed by atoms with E-state index in [1.807, 2.05) is 59.5 Å². The molecule has 148 valence electrons. The molecule has 0 radical (unpaired) electrons. The summed E-state index contributed by atoms with van der Waals surface area (Å²) >= 11 is 0. The van der Waals surface area contributed by atoms with Crippen molar-refractivity contribution >= 4 is 17.5 Å². The van der Waals surface area contributed by atoms with Crippen LogP contribution in [0.3, 0.4) is 0 Å². The normalized spacial score (nSPS) is 14.7. The molecule has 1 fully saturated rings. The van der Waals surface area contributed by atoms with Crippen LogP contribution in [-0.4, -0.2) is 36.9 Å². The molecule has 0 unspecified atom stereocenters. The zero-order chi connectivity index (χ0) is 19.8. The molecule has 0 spiro atoms. The molecule has 28 heavy (non-hydrogen) atoms. The second-order valence-corrected chi connectivity index (χ2v) is 7.26. The number of ether oxygens (including phenoxy) is 1. The monoisotopic (exact) mass is 380 g/mol. The van der Waals surface area contributed by atoms with Crippen LogP contribution in [0, 0.1) is 5.92 Å². The van der Waals surface area contributed by atoms with Crippen molar-refractivity contribution in [3.63, 3.8) is 0 Å². The van der Waals surface area contributed by atoms with Gasteiger partial charge in [0.25, 0.3) is 0 Å². The number of piperidine rings is 1. The van der Waals surface area contributed by atoms with Crippen LogP contribution in [0.5, 0.6) is 0 Å². The highest BCUT2D eigenvalue weighted by Gasteiger charge is 2.27. The Labute approximate surface area is 166 Å². The molecule has 1 saturated heterocycles. The number of nitrogens with zero attached hydrogens (tertiary/aromatic N) is 1. The summed E-state index contributed by atoms with van der Waals surface area (Å²) in [5.74, 6) is 0.158. The fourth-order valence-electron chi connectivity index (χ4n) is 3.59. The standard InChI is InChI=1S/C23H28N2O3/c1-28-17-19-8-5-9-21(16-19)24-23(27)20-12-14-25(15-13-20)22(26)11-10-18-6-3-2-4-7-18/h2-9,16,20H,10-15,17H2,1H3,(H,24,27). The van der Waals surface area contributed by atoms with Gasteiger partial charge in [-0.15, -0.1) is 0 Å². The van der Waals surface area contributed by atoms with Crippen molar-refractivity contribution in [3.8, 4) is 0 Å². The van der Waals surface area contributed by atoms with Crippen molar-refractivity contribution in [2.45, 2.75) is 32.3 Å². The first-order valence-corrected chi connectivity index (χ1v) is 9.86. The Morgan fingerprint density at radius 1 is 1.04 bits per heavy atom. The summed E-state index contributed by atoms with van der Waals surface area (Å²) < 4.78 is 5.14. The van der Waals surface area contributed by atoms with Gasteiger partial charge in [-0.2, -0.15) is 0 Å². The minimum atomic E-state index is -0.0516. The third kappa shape index (κ3) is 5.67. The number of aryl methyl sites for hydroxylation is 1. The predicted octanol–water partition coefficient (Wildman–Crippen LogP) is 3.64. The number of rotatable bonds is 7. The number of hydrogen-bond donors (Lipinski definition) is 1. The first kappa shape index (κ1) is 20.1. The van der Waals surface area contributed by atoms with E-state index < -0.39 is 0 Å². The van der Waals surface area contributed by atoms with Crippen LogP contribution in [0.2, 0.25) is 0 Å². The van der Waals surface area contributed by atoms with Gasteiger partial charge in [0.05, 0.1) is 6.61 Å². The Kier molecular flexibility index (Phi) is 7.20. The van der Waals surface area contributed by atoms with E-state index in [9.17, 15) is 9.59 Å². The molecule has 0 atom stereocenters. The van der Waals surface area contributed by atoms with Crippen molar-refractivity contribution in [1.82, 2.24) is 4.90 Å². The van der Waals surface area contributed by atoms with Crippen LogP contribution in [0.4, 0.5) is 5.69 Å². The summed E-state index contributed by atoms with van der Waals surface area (Å²) in [4.78, 5) is 26.9. The van der Waals surface area contributed by atoms with Crippen molar-refractivity contribution in [3.05, 3.63) is 65.7 Å². The first-order valence-electron chi connectivity index (χ1n) is 9.86. The van der Waals surface area contributed by atoms with E-state index in [1.54, 1.807) is 7.11 Å². The molecule has 0 aromatic heterocycles. The lowest BCUT2D eigenvalue weighted by Crippen LogP contribution is -2.41. The van der Waals surface area contributed by atoms with Crippen LogP contribution in [0.1, 0.15) is 30.4 Å². The van der Waals surface area contributed by atoms with Gasteiger partial charge in [-0.3, -0.25) is 9.59 Å². The number of methoxy groups -OCH3 is 1. The number of hydrogen-bond acceptors (Lipinski definition) is 3. The molecule has 1 heterocycles. The minimum Gasteiger partial charge on any atom is -0.380 e. The molecule has 5 heteroatoms. The number of carbonyl (C=O) groups excluding carboxylic acids is 2. The molecule has 0 bridgehead atoms. The van der Waals surface area contributed by atoms with E-state index in [1.165, 1.54) is 5.56 Å². The minimum absolute atomic E-state index is 0.0333. The Balaban J connectivity index is 1.44. The molecule has 2 amide bonds. The fraction of sp³-hybridized carbons (Fsp3) is 0.391. The van der Waals surface area contributed by atoms with Crippen molar-refractivity contribution in [1.29, 1.82) is 0 Å². The van der Waals surface area contributed by atoms with Crippen LogP contribution in [0.15, 0.2) is 54.6 Å². The second kappa shape index (κ2) is 10.0. The van der Waals surface area contributed by atoms with Crippen LogP contribution in [0.25, 0.3) is 0 Å². The SMILES string of the molecule is COCc1cccc(NC(=O)C2CCN(C(=O)CCc3ccccc3)CC2)c1. The van der Waals surface area contributed by atoms with Gasteiger partial charge in [0.1, 0.15) is 0 Å². The molecule has 2 aromatic rings. The zero-order valence-corrected chi connectivity index (χ0v) is 16.4. The average Bonchev–Trinajstić information content (AvgIpc) is 2.73. The smallest absolute Gasteiger partial charge is 0.227 e. The highest BCUT2D eigenvalue weighted by atomic mass is 16.5. The van der Waals surface area contributed by atoms with Gasteiger partial charge in [0.2, 0.25) is 11.8 Å². The molecule has 1 aliphatic rings. The number of benzene rings is 2. The van der Waals surface area contributed by atoms with Crippen molar-refractivity contribution < 1.29 is 14.3 Å². The van der Waals surface area contributed by atoms with Crippen molar-refractivity contribution in [2.75, 3.05) is 25.5 Å². The molecular formula is C23H28N2O3. The molecule has 1 aliphatic heterocycles. The molecule has 3 rings (SSSR count). The highest BCUT2D eigenvalue weighted by Crippen LogP contribution is 2.21. The topological polar surface area (TPSA) is 58.6 Å². The van der Waals surface area contributed by atoms with Crippen LogP contribution >= 0.6 is 0 Å². The van der Waals surface area contributed by atoms with Gasteiger partial charge in [-0.05, 0) is 42.5 Å². The van der Waals surface area contributed by atoms with Crippen LogP contribution < -0.4 is 5.32 Å². The summed E-state index contributed by atoms with van der Waals surface area (Å²) in [5.41, 5.74) is 3.00. The summed E-state index contributed by atoms with van der Waals surface area (Å²) in [5, 5.41) is 3.00. The van der Waals surface area contributed by atoms with E-state index in [0.717, 1.165) is 17.7 Å². The number of likely N-dealkylation sites (tertiary alicyclic amines) is 1. The molecule has 0 saturated carbocycles. The maximum Gasteiger partial charge on any atom is 0.227 e. The van der Waals surface area contributed by atoms with Crippen LogP contribution in [-0.2, 0) is 27.4 Å². The predicted molar refractivity (Wildman–Crippen MR) is 110 cm³/mol. The number of amides is 2. The maximum atomic E-state index is 12.6. The molecule has 1 N–H and O–H groups in total. The second-order valence-electron chi connectivity index (χ2n) is 7.26. The number of anilines is 1. The lowest BCUT2D eigenvalue weighted by Gasteiger charge is -2.31. The van der Waals surface area contributed by atoms with Crippen molar-refractivity contribution in [2.24, 2.45) is 5.92 Å². The maximum absolute atomic E-state index is 12.6. The molecule has 5 nitrogen and oxygen atoms in total. The van der Waals surface area contributed by atoms with Gasteiger partial charge in [0, 0.05) is 38.2 Å². The fourth-order valence-corrected chi connectivity index (χ4v) is 3.59. The van der Waals surface area contributed by atoms with E-state index in [-0.39, 0.29) is 17.7 Å². The third-order valence-corrected chi connectivity index (χ3v) is 5.19. The Morgan fingerprint density at radius 3 is 2.46 bits per heavy atom. The van der Waals surface area contributed by atoms with E-state index in [2.05, 4.69) is 5.32 Å². The zero-order valence-electron chi connectivity index (χ0n) is 16.4.